The van der Waals surface area contributed by atoms with Crippen LogP contribution in [0.25, 0.3) is 11.3 Å². The van der Waals surface area contributed by atoms with Gasteiger partial charge in [0, 0.05) is 40.4 Å². The maximum absolute atomic E-state index is 12.7. The Morgan fingerprint density at radius 1 is 1.38 bits per heavy atom. The number of nitrogens with one attached hydrogen (secondary N) is 1. The topological polar surface area (TPSA) is 46.9 Å². The third-order valence-corrected chi connectivity index (χ3v) is 6.38. The maximum Gasteiger partial charge on any atom is 0.272 e. The minimum absolute atomic E-state index is 0.0793. The molecule has 0 unspecified atom stereocenters. The van der Waals surface area contributed by atoms with Crippen molar-refractivity contribution in [3.63, 3.8) is 0 Å². The molecule has 136 valence electrons. The predicted molar refractivity (Wildman–Crippen MR) is 107 cm³/mol. The second kappa shape index (κ2) is 7.49. The molecule has 0 spiro atoms. The number of aryl methyl sites for hydroxylation is 1. The lowest BCUT2D eigenvalue weighted by Gasteiger charge is -2.17. The molecular weight excluding hydrogens is 366 g/mol. The fourth-order valence-electron chi connectivity index (χ4n) is 3.74. The zero-order valence-corrected chi connectivity index (χ0v) is 16.4. The molecule has 1 aromatic heterocycles. The molecule has 6 heteroatoms. The van der Waals surface area contributed by atoms with Crippen molar-refractivity contribution in [2.75, 3.05) is 6.54 Å². The predicted octanol–water partition coefficient (Wildman–Crippen LogP) is 4.97. The standard InChI is InChI=1S/C20H22ClN3OS/c1-24-19-15-11-14(21)7-8-17(15)26-12-16(19)18(23-24)20(25)22-10-9-13-5-3-2-4-6-13/h5,7-8,11H,2-4,6,9-10,12H2,1H3,(H,22,25). The Kier molecular flexibility index (Phi) is 5.09. The van der Waals surface area contributed by atoms with Gasteiger partial charge in [0.15, 0.2) is 5.69 Å². The number of benzene rings is 1. The van der Waals surface area contributed by atoms with E-state index in [0.717, 1.165) is 29.0 Å². The lowest BCUT2D eigenvalue weighted by Crippen LogP contribution is -2.26. The van der Waals surface area contributed by atoms with Gasteiger partial charge in [-0.05, 0) is 50.3 Å². The number of carbonyl (C=O) groups excluding carboxylic acids is 1. The highest BCUT2D eigenvalue weighted by Crippen LogP contribution is 2.43. The Labute approximate surface area is 163 Å². The fourth-order valence-corrected chi connectivity index (χ4v) is 4.96. The first-order valence-corrected chi connectivity index (χ1v) is 10.4. The number of carbonyl (C=O) groups is 1. The average molecular weight is 388 g/mol. The summed E-state index contributed by atoms with van der Waals surface area (Å²) in [5.41, 5.74) is 5.07. The summed E-state index contributed by atoms with van der Waals surface area (Å²) in [7, 11) is 1.89. The zero-order chi connectivity index (χ0) is 18.1. The Morgan fingerprint density at radius 3 is 3.08 bits per heavy atom. The number of hydrogen-bond donors (Lipinski definition) is 1. The molecular formula is C20H22ClN3OS. The van der Waals surface area contributed by atoms with E-state index in [0.29, 0.717) is 17.3 Å². The third-order valence-electron chi connectivity index (χ3n) is 5.05. The van der Waals surface area contributed by atoms with E-state index in [9.17, 15) is 4.79 Å². The zero-order valence-electron chi connectivity index (χ0n) is 14.8. The van der Waals surface area contributed by atoms with E-state index in [-0.39, 0.29) is 5.91 Å². The summed E-state index contributed by atoms with van der Waals surface area (Å²) in [6.45, 7) is 0.672. The summed E-state index contributed by atoms with van der Waals surface area (Å²) in [6.07, 6.45) is 8.18. The molecule has 1 amide bonds. The van der Waals surface area contributed by atoms with Crippen LogP contribution in [0.2, 0.25) is 5.02 Å². The highest BCUT2D eigenvalue weighted by atomic mass is 35.5. The summed E-state index contributed by atoms with van der Waals surface area (Å²) in [4.78, 5) is 13.9. The average Bonchev–Trinajstić information content (AvgIpc) is 3.00. The Hall–Kier alpha value is -1.72. The van der Waals surface area contributed by atoms with Gasteiger partial charge in [-0.1, -0.05) is 23.3 Å². The van der Waals surface area contributed by atoms with Crippen molar-refractivity contribution in [1.82, 2.24) is 15.1 Å². The SMILES string of the molecule is Cn1nc(C(=O)NCCC2=CCCCC2)c2c1-c1cc(Cl)ccc1SC2. The summed E-state index contributed by atoms with van der Waals surface area (Å²) in [5, 5.41) is 8.27. The Bertz CT molecular complexity index is 887. The smallest absolute Gasteiger partial charge is 0.272 e. The summed E-state index contributed by atoms with van der Waals surface area (Å²) < 4.78 is 1.81. The number of nitrogens with zero attached hydrogens (tertiary/aromatic N) is 2. The van der Waals surface area contributed by atoms with Crippen LogP contribution in [-0.4, -0.2) is 22.2 Å². The molecule has 26 heavy (non-hydrogen) atoms. The van der Waals surface area contributed by atoms with Gasteiger partial charge in [0.2, 0.25) is 0 Å². The maximum atomic E-state index is 12.7. The van der Waals surface area contributed by atoms with Gasteiger partial charge in [-0.15, -0.1) is 11.8 Å². The van der Waals surface area contributed by atoms with Gasteiger partial charge in [0.05, 0.1) is 5.69 Å². The second-order valence-electron chi connectivity index (χ2n) is 6.84. The van der Waals surface area contributed by atoms with Crippen LogP contribution in [0.3, 0.4) is 0 Å². The molecule has 0 fully saturated rings. The van der Waals surface area contributed by atoms with Crippen molar-refractivity contribution in [2.45, 2.75) is 42.8 Å². The van der Waals surface area contributed by atoms with Crippen molar-refractivity contribution in [3.8, 4) is 11.3 Å². The molecule has 1 N–H and O–H groups in total. The van der Waals surface area contributed by atoms with E-state index in [1.807, 2.05) is 29.9 Å². The van der Waals surface area contributed by atoms with Crippen LogP contribution in [-0.2, 0) is 12.8 Å². The lowest BCUT2D eigenvalue weighted by molar-refractivity contribution is 0.0947. The van der Waals surface area contributed by atoms with Gasteiger partial charge < -0.3 is 5.32 Å². The molecule has 0 saturated carbocycles. The molecule has 1 aliphatic carbocycles. The van der Waals surface area contributed by atoms with Crippen LogP contribution in [0.4, 0.5) is 0 Å². The van der Waals surface area contributed by atoms with E-state index in [2.05, 4.69) is 16.5 Å². The van der Waals surface area contributed by atoms with Gasteiger partial charge in [-0.25, -0.2) is 0 Å². The Morgan fingerprint density at radius 2 is 2.27 bits per heavy atom. The summed E-state index contributed by atoms with van der Waals surface area (Å²) in [5.74, 6) is 0.676. The molecule has 0 saturated heterocycles. The first-order valence-electron chi connectivity index (χ1n) is 9.08. The van der Waals surface area contributed by atoms with Gasteiger partial charge in [0.25, 0.3) is 5.91 Å². The largest absolute Gasteiger partial charge is 0.350 e. The number of fused-ring (bicyclic) bond motifs is 3. The van der Waals surface area contributed by atoms with Crippen molar-refractivity contribution in [2.24, 2.45) is 7.05 Å². The number of amides is 1. The summed E-state index contributed by atoms with van der Waals surface area (Å²) in [6, 6.07) is 5.90. The Balaban J connectivity index is 1.52. The van der Waals surface area contributed by atoms with Crippen LogP contribution in [0.5, 0.6) is 0 Å². The van der Waals surface area contributed by atoms with Crippen molar-refractivity contribution >= 4 is 29.3 Å². The number of rotatable bonds is 4. The lowest BCUT2D eigenvalue weighted by atomic mass is 9.97. The van der Waals surface area contributed by atoms with Crippen LogP contribution in [0.15, 0.2) is 34.7 Å². The van der Waals surface area contributed by atoms with Crippen LogP contribution in [0, 0.1) is 0 Å². The second-order valence-corrected chi connectivity index (χ2v) is 8.30. The number of allylic oxidation sites excluding steroid dienone is 1. The molecule has 4 rings (SSSR count). The van der Waals surface area contributed by atoms with E-state index < -0.39 is 0 Å². The monoisotopic (exact) mass is 387 g/mol. The normalized spacial score (nSPS) is 15.8. The highest BCUT2D eigenvalue weighted by molar-refractivity contribution is 7.98. The molecule has 1 aromatic carbocycles. The van der Waals surface area contributed by atoms with Gasteiger partial charge in [0.1, 0.15) is 0 Å². The molecule has 2 aliphatic rings. The first-order chi connectivity index (χ1) is 12.6. The minimum atomic E-state index is -0.0793. The van der Waals surface area contributed by atoms with Crippen LogP contribution < -0.4 is 5.32 Å². The number of thioether (sulfide) groups is 1. The highest BCUT2D eigenvalue weighted by Gasteiger charge is 2.27. The van der Waals surface area contributed by atoms with Crippen LogP contribution in [0.1, 0.15) is 48.2 Å². The van der Waals surface area contributed by atoms with Gasteiger partial charge >= 0.3 is 0 Å². The number of hydrogen-bond acceptors (Lipinski definition) is 3. The van der Waals surface area contributed by atoms with E-state index in [4.69, 9.17) is 11.6 Å². The summed E-state index contributed by atoms with van der Waals surface area (Å²) >= 11 is 7.91. The number of aromatic nitrogens is 2. The van der Waals surface area contributed by atoms with Crippen molar-refractivity contribution in [3.05, 3.63) is 46.1 Å². The van der Waals surface area contributed by atoms with E-state index in [1.165, 1.54) is 36.2 Å². The molecule has 2 aromatic rings. The molecule has 1 aliphatic heterocycles. The van der Waals surface area contributed by atoms with Gasteiger partial charge in [-0.2, -0.15) is 5.10 Å². The minimum Gasteiger partial charge on any atom is -0.350 e. The molecule has 0 atom stereocenters. The van der Waals surface area contributed by atoms with Crippen molar-refractivity contribution in [1.29, 1.82) is 0 Å². The molecule has 2 heterocycles. The third kappa shape index (κ3) is 3.42. The van der Waals surface area contributed by atoms with Gasteiger partial charge in [-0.3, -0.25) is 9.48 Å². The molecule has 0 radical (unpaired) electrons. The molecule has 4 nitrogen and oxygen atoms in total. The fraction of sp³-hybridized carbons (Fsp3) is 0.400. The van der Waals surface area contributed by atoms with E-state index >= 15 is 0 Å². The molecule has 0 bridgehead atoms. The van der Waals surface area contributed by atoms with E-state index in [1.54, 1.807) is 11.8 Å². The van der Waals surface area contributed by atoms with Crippen molar-refractivity contribution < 1.29 is 4.79 Å². The quantitative estimate of drug-likeness (QED) is 0.753. The first kappa shape index (κ1) is 17.7. The number of halogens is 1. The van der Waals surface area contributed by atoms with Crippen LogP contribution >= 0.6 is 23.4 Å².